The molecule has 0 fully saturated rings. The lowest BCUT2D eigenvalue weighted by Gasteiger charge is -2.08. The molecule has 5 heteroatoms. The number of esters is 1. The van der Waals surface area contributed by atoms with Gasteiger partial charge in [0, 0.05) is 0 Å². The van der Waals surface area contributed by atoms with Crippen molar-refractivity contribution in [2.45, 2.75) is 13.3 Å². The van der Waals surface area contributed by atoms with Crippen LogP contribution >= 0.6 is 0 Å². The molecule has 3 nitrogen and oxygen atoms in total. The first kappa shape index (κ1) is 15.0. The molecule has 0 spiro atoms. The van der Waals surface area contributed by atoms with Crippen molar-refractivity contribution in [1.29, 1.82) is 0 Å². The number of benzene rings is 2. The first-order valence-corrected chi connectivity index (χ1v) is 6.51. The van der Waals surface area contributed by atoms with Gasteiger partial charge >= 0.3 is 5.97 Å². The molecule has 0 N–H and O–H groups in total. The first-order valence-electron chi connectivity index (χ1n) is 6.51. The highest BCUT2D eigenvalue weighted by Gasteiger charge is 2.19. The summed E-state index contributed by atoms with van der Waals surface area (Å²) in [4.78, 5) is 11.8. The molecular formula is C16H14F2O3. The highest BCUT2D eigenvalue weighted by molar-refractivity contribution is 5.91. The number of rotatable bonds is 5. The van der Waals surface area contributed by atoms with E-state index in [1.165, 1.54) is 18.2 Å². The Morgan fingerprint density at radius 2 is 1.57 bits per heavy atom. The Balaban J connectivity index is 2.09. The number of ether oxygens (including phenoxy) is 2. The summed E-state index contributed by atoms with van der Waals surface area (Å²) in [6, 6.07) is 9.43. The third-order valence-electron chi connectivity index (χ3n) is 2.67. The fraction of sp³-hybridized carbons (Fsp3) is 0.188. The molecular weight excluding hydrogens is 278 g/mol. The first-order chi connectivity index (χ1) is 10.1. The monoisotopic (exact) mass is 292 g/mol. The van der Waals surface area contributed by atoms with Crippen LogP contribution in [0.2, 0.25) is 0 Å². The Hall–Kier alpha value is -2.43. The molecule has 0 aliphatic rings. The minimum atomic E-state index is -1.08. The average Bonchev–Trinajstić information content (AvgIpc) is 2.46. The molecule has 0 saturated carbocycles. The summed E-state index contributed by atoms with van der Waals surface area (Å²) in [7, 11) is 0. The van der Waals surface area contributed by atoms with E-state index in [1.807, 2.05) is 6.92 Å². The highest BCUT2D eigenvalue weighted by Crippen LogP contribution is 2.20. The summed E-state index contributed by atoms with van der Waals surface area (Å²) in [5, 5.41) is 0. The molecule has 2 aromatic carbocycles. The number of carbonyl (C=O) groups excluding carboxylic acids is 1. The second-order valence-electron chi connectivity index (χ2n) is 4.31. The largest absolute Gasteiger partial charge is 0.494 e. The van der Waals surface area contributed by atoms with Crippen molar-refractivity contribution in [3.63, 3.8) is 0 Å². The molecule has 0 saturated heterocycles. The van der Waals surface area contributed by atoms with E-state index in [-0.39, 0.29) is 5.75 Å². The van der Waals surface area contributed by atoms with E-state index in [2.05, 4.69) is 0 Å². The summed E-state index contributed by atoms with van der Waals surface area (Å²) in [6.45, 7) is 2.57. The fourth-order valence-electron chi connectivity index (χ4n) is 1.67. The smallest absolute Gasteiger partial charge is 0.349 e. The van der Waals surface area contributed by atoms with Gasteiger partial charge in [-0.25, -0.2) is 13.6 Å². The number of hydrogen-bond donors (Lipinski definition) is 0. The third-order valence-corrected chi connectivity index (χ3v) is 2.67. The van der Waals surface area contributed by atoms with Gasteiger partial charge in [0.25, 0.3) is 0 Å². The predicted molar refractivity (Wildman–Crippen MR) is 73.5 cm³/mol. The Bertz CT molecular complexity index is 604. The van der Waals surface area contributed by atoms with E-state index in [9.17, 15) is 13.6 Å². The molecule has 0 aliphatic carbocycles. The average molecular weight is 292 g/mol. The van der Waals surface area contributed by atoms with Crippen molar-refractivity contribution in [1.82, 2.24) is 0 Å². The van der Waals surface area contributed by atoms with Gasteiger partial charge in [-0.15, -0.1) is 0 Å². The predicted octanol–water partition coefficient (Wildman–Crippen LogP) is 3.97. The van der Waals surface area contributed by atoms with Crippen molar-refractivity contribution < 1.29 is 23.0 Å². The van der Waals surface area contributed by atoms with Crippen LogP contribution in [-0.2, 0) is 0 Å². The van der Waals surface area contributed by atoms with Gasteiger partial charge in [0.05, 0.1) is 6.61 Å². The summed E-state index contributed by atoms with van der Waals surface area (Å²) in [5.41, 5.74) is -0.705. The van der Waals surface area contributed by atoms with Crippen LogP contribution in [0.4, 0.5) is 8.78 Å². The van der Waals surface area contributed by atoms with Gasteiger partial charge in [-0.1, -0.05) is 13.0 Å². The zero-order valence-corrected chi connectivity index (χ0v) is 11.4. The summed E-state index contributed by atoms with van der Waals surface area (Å²) in [6.07, 6.45) is 0.878. The molecule has 21 heavy (non-hydrogen) atoms. The lowest BCUT2D eigenvalue weighted by molar-refractivity contribution is 0.0724. The van der Waals surface area contributed by atoms with Crippen LogP contribution in [-0.4, -0.2) is 12.6 Å². The quantitative estimate of drug-likeness (QED) is 0.618. The molecule has 0 atom stereocenters. The van der Waals surface area contributed by atoms with Gasteiger partial charge < -0.3 is 9.47 Å². The summed E-state index contributed by atoms with van der Waals surface area (Å²) >= 11 is 0. The molecule has 110 valence electrons. The number of halogens is 2. The van der Waals surface area contributed by atoms with Gasteiger partial charge in [-0.05, 0) is 42.8 Å². The normalized spacial score (nSPS) is 10.2. The number of carbonyl (C=O) groups is 1. The van der Waals surface area contributed by atoms with E-state index in [0.717, 1.165) is 18.6 Å². The van der Waals surface area contributed by atoms with E-state index >= 15 is 0 Å². The van der Waals surface area contributed by atoms with Gasteiger partial charge in [0.15, 0.2) is 0 Å². The van der Waals surface area contributed by atoms with Gasteiger partial charge in [0.1, 0.15) is 28.7 Å². The van der Waals surface area contributed by atoms with Crippen LogP contribution in [0.1, 0.15) is 23.7 Å². The molecule has 0 unspecified atom stereocenters. The summed E-state index contributed by atoms with van der Waals surface area (Å²) < 4.78 is 37.2. The molecule has 0 amide bonds. The molecule has 0 radical (unpaired) electrons. The van der Waals surface area contributed by atoms with Crippen LogP contribution in [0.3, 0.4) is 0 Å². The Morgan fingerprint density at radius 1 is 1.00 bits per heavy atom. The Labute approximate surface area is 121 Å². The Morgan fingerprint density at radius 3 is 2.14 bits per heavy atom. The van der Waals surface area contributed by atoms with Gasteiger partial charge in [-0.2, -0.15) is 0 Å². The Kier molecular flexibility index (Phi) is 4.87. The lowest BCUT2D eigenvalue weighted by Crippen LogP contribution is -2.13. The highest BCUT2D eigenvalue weighted by atomic mass is 19.1. The van der Waals surface area contributed by atoms with Crippen molar-refractivity contribution in [2.24, 2.45) is 0 Å². The third kappa shape index (κ3) is 3.78. The maximum absolute atomic E-state index is 13.4. The van der Waals surface area contributed by atoms with E-state index in [4.69, 9.17) is 9.47 Å². The number of hydrogen-bond acceptors (Lipinski definition) is 3. The second-order valence-corrected chi connectivity index (χ2v) is 4.31. The SMILES string of the molecule is CCCOc1ccc(OC(=O)c2c(F)cccc2F)cc1. The van der Waals surface area contributed by atoms with Crippen LogP contribution in [0.15, 0.2) is 42.5 Å². The molecule has 2 rings (SSSR count). The van der Waals surface area contributed by atoms with Crippen LogP contribution in [0.25, 0.3) is 0 Å². The van der Waals surface area contributed by atoms with Crippen molar-refractivity contribution >= 4 is 5.97 Å². The minimum Gasteiger partial charge on any atom is -0.494 e. The maximum atomic E-state index is 13.4. The van der Waals surface area contributed by atoms with E-state index in [1.54, 1.807) is 12.1 Å². The lowest BCUT2D eigenvalue weighted by atomic mass is 10.2. The second kappa shape index (κ2) is 6.83. The van der Waals surface area contributed by atoms with Gasteiger partial charge in [-0.3, -0.25) is 0 Å². The molecule has 0 aliphatic heterocycles. The van der Waals surface area contributed by atoms with Crippen molar-refractivity contribution in [3.05, 3.63) is 59.7 Å². The zero-order chi connectivity index (χ0) is 15.2. The fourth-order valence-corrected chi connectivity index (χ4v) is 1.67. The minimum absolute atomic E-state index is 0.187. The summed E-state index contributed by atoms with van der Waals surface area (Å²) in [5.74, 6) is -2.17. The van der Waals surface area contributed by atoms with E-state index < -0.39 is 23.2 Å². The topological polar surface area (TPSA) is 35.5 Å². The zero-order valence-electron chi connectivity index (χ0n) is 11.4. The van der Waals surface area contributed by atoms with E-state index in [0.29, 0.717) is 12.4 Å². The molecule has 2 aromatic rings. The van der Waals surface area contributed by atoms with Crippen LogP contribution in [0.5, 0.6) is 11.5 Å². The van der Waals surface area contributed by atoms with Crippen molar-refractivity contribution in [3.8, 4) is 11.5 Å². The van der Waals surface area contributed by atoms with Crippen LogP contribution < -0.4 is 9.47 Å². The molecule has 0 bridgehead atoms. The standard InChI is InChI=1S/C16H14F2O3/c1-2-10-20-11-6-8-12(9-7-11)21-16(19)15-13(17)4-3-5-14(15)18/h3-9H,2,10H2,1H3. The molecule has 0 heterocycles. The van der Waals surface area contributed by atoms with Gasteiger partial charge in [0.2, 0.25) is 0 Å². The molecule has 0 aromatic heterocycles. The maximum Gasteiger partial charge on any atom is 0.349 e. The van der Waals surface area contributed by atoms with Crippen molar-refractivity contribution in [2.75, 3.05) is 6.61 Å². The van der Waals surface area contributed by atoms with Crippen LogP contribution in [0, 0.1) is 11.6 Å².